The van der Waals surface area contributed by atoms with E-state index in [0.29, 0.717) is 13.2 Å². The lowest BCUT2D eigenvalue weighted by atomic mass is 10.4. The fraction of sp³-hybridized carbons (Fsp3) is 0.714. The molecule has 1 rings (SSSR count). The molecule has 1 heterocycles. The van der Waals surface area contributed by atoms with E-state index in [1.165, 1.54) is 0 Å². The topological polar surface area (TPSA) is 60.2 Å². The van der Waals surface area contributed by atoms with Crippen LogP contribution in [0.15, 0.2) is 12.7 Å². The Hall–Kier alpha value is -0.940. The highest BCUT2D eigenvalue weighted by Gasteiger charge is 1.90. The highest BCUT2D eigenvalue weighted by Crippen LogP contribution is 1.89. The van der Waals surface area contributed by atoms with Crippen LogP contribution in [-0.2, 0) is 11.3 Å². The van der Waals surface area contributed by atoms with Crippen LogP contribution in [0.2, 0.25) is 0 Å². The summed E-state index contributed by atoms with van der Waals surface area (Å²) in [7, 11) is 0. The molecule has 68 valence electrons. The maximum absolute atomic E-state index is 8.40. The Labute approximate surface area is 71.0 Å². The van der Waals surface area contributed by atoms with Gasteiger partial charge in [-0.1, -0.05) is 0 Å². The van der Waals surface area contributed by atoms with Crippen LogP contribution >= 0.6 is 0 Å². The van der Waals surface area contributed by atoms with Crippen LogP contribution in [-0.4, -0.2) is 39.7 Å². The standard InChI is InChI=1S/C7H13N3O2/c11-3-5-12-4-1-2-10-6-8-9-7-10/h6-7,11H,1-5H2. The van der Waals surface area contributed by atoms with E-state index in [1.54, 1.807) is 12.7 Å². The molecule has 0 aliphatic rings. The van der Waals surface area contributed by atoms with Gasteiger partial charge in [-0.15, -0.1) is 10.2 Å². The highest BCUT2D eigenvalue weighted by atomic mass is 16.5. The van der Waals surface area contributed by atoms with Gasteiger partial charge in [0, 0.05) is 13.2 Å². The Morgan fingerprint density at radius 3 is 2.67 bits per heavy atom. The van der Waals surface area contributed by atoms with Crippen LogP contribution in [0.4, 0.5) is 0 Å². The molecule has 0 amide bonds. The number of nitrogens with zero attached hydrogens (tertiary/aromatic N) is 3. The molecule has 0 atom stereocenters. The molecular formula is C7H13N3O2. The second-order valence-electron chi connectivity index (χ2n) is 2.39. The number of rotatable bonds is 6. The molecule has 5 nitrogen and oxygen atoms in total. The normalized spacial score (nSPS) is 10.4. The van der Waals surface area contributed by atoms with Gasteiger partial charge in [0.05, 0.1) is 13.2 Å². The lowest BCUT2D eigenvalue weighted by Gasteiger charge is -2.01. The summed E-state index contributed by atoms with van der Waals surface area (Å²) in [4.78, 5) is 0. The van der Waals surface area contributed by atoms with Crippen LogP contribution < -0.4 is 0 Å². The largest absolute Gasteiger partial charge is 0.394 e. The summed E-state index contributed by atoms with van der Waals surface area (Å²) >= 11 is 0. The fourth-order valence-electron chi connectivity index (χ4n) is 0.853. The van der Waals surface area contributed by atoms with E-state index < -0.39 is 0 Å². The molecule has 0 bridgehead atoms. The van der Waals surface area contributed by atoms with Gasteiger partial charge in [-0.3, -0.25) is 0 Å². The summed E-state index contributed by atoms with van der Waals surface area (Å²) in [6, 6.07) is 0. The van der Waals surface area contributed by atoms with Crippen molar-refractivity contribution in [2.24, 2.45) is 0 Å². The molecule has 0 saturated heterocycles. The van der Waals surface area contributed by atoms with Crippen LogP contribution in [0.3, 0.4) is 0 Å². The van der Waals surface area contributed by atoms with Gasteiger partial charge in [0.2, 0.25) is 0 Å². The Morgan fingerprint density at radius 1 is 1.25 bits per heavy atom. The van der Waals surface area contributed by atoms with Crippen LogP contribution in [0, 0.1) is 0 Å². The summed E-state index contributed by atoms with van der Waals surface area (Å²) in [6.07, 6.45) is 4.26. The molecule has 1 aromatic heterocycles. The molecule has 0 unspecified atom stereocenters. The Kier molecular flexibility index (Phi) is 4.33. The predicted octanol–water partition coefficient (Wildman–Crippen LogP) is -0.323. The summed E-state index contributed by atoms with van der Waals surface area (Å²) < 4.78 is 6.97. The monoisotopic (exact) mass is 171 g/mol. The van der Waals surface area contributed by atoms with Crippen molar-refractivity contribution in [1.29, 1.82) is 0 Å². The minimum Gasteiger partial charge on any atom is -0.394 e. The molecule has 0 fully saturated rings. The lowest BCUT2D eigenvalue weighted by Crippen LogP contribution is -2.04. The van der Waals surface area contributed by atoms with Gasteiger partial charge >= 0.3 is 0 Å². The van der Waals surface area contributed by atoms with Crippen LogP contribution in [0.1, 0.15) is 6.42 Å². The quantitative estimate of drug-likeness (QED) is 0.596. The van der Waals surface area contributed by atoms with Gasteiger partial charge in [0.1, 0.15) is 12.7 Å². The molecular weight excluding hydrogens is 158 g/mol. The first-order valence-electron chi connectivity index (χ1n) is 3.94. The number of ether oxygens (including phenoxy) is 1. The Balaban J connectivity index is 1.96. The van der Waals surface area contributed by atoms with E-state index in [9.17, 15) is 0 Å². The minimum absolute atomic E-state index is 0.0899. The van der Waals surface area contributed by atoms with Crippen molar-refractivity contribution in [2.45, 2.75) is 13.0 Å². The van der Waals surface area contributed by atoms with Crippen molar-refractivity contribution in [3.63, 3.8) is 0 Å². The molecule has 12 heavy (non-hydrogen) atoms. The van der Waals surface area contributed by atoms with Crippen molar-refractivity contribution in [3.8, 4) is 0 Å². The second-order valence-corrected chi connectivity index (χ2v) is 2.39. The average Bonchev–Trinajstić information content (AvgIpc) is 2.57. The van der Waals surface area contributed by atoms with Gasteiger partial charge < -0.3 is 14.4 Å². The molecule has 0 spiro atoms. The van der Waals surface area contributed by atoms with E-state index in [1.807, 2.05) is 4.57 Å². The molecule has 0 radical (unpaired) electrons. The fourth-order valence-corrected chi connectivity index (χ4v) is 0.853. The van der Waals surface area contributed by atoms with Crippen LogP contribution in [0.5, 0.6) is 0 Å². The predicted molar refractivity (Wildman–Crippen MR) is 42.5 cm³/mol. The van der Waals surface area contributed by atoms with Crippen molar-refractivity contribution in [3.05, 3.63) is 12.7 Å². The second kappa shape index (κ2) is 5.68. The third-order valence-corrected chi connectivity index (χ3v) is 1.41. The van der Waals surface area contributed by atoms with Crippen molar-refractivity contribution < 1.29 is 9.84 Å². The Morgan fingerprint density at radius 2 is 2.00 bits per heavy atom. The van der Waals surface area contributed by atoms with Gasteiger partial charge in [0.25, 0.3) is 0 Å². The number of aliphatic hydroxyl groups is 1. The number of hydrogen-bond acceptors (Lipinski definition) is 4. The zero-order chi connectivity index (χ0) is 8.65. The highest BCUT2D eigenvalue weighted by molar-refractivity contribution is 4.59. The molecule has 0 aromatic carbocycles. The first-order chi connectivity index (χ1) is 5.93. The third-order valence-electron chi connectivity index (χ3n) is 1.41. The molecule has 1 N–H and O–H groups in total. The van der Waals surface area contributed by atoms with E-state index in [4.69, 9.17) is 9.84 Å². The summed E-state index contributed by atoms with van der Waals surface area (Å²) in [5, 5.41) is 15.7. The summed E-state index contributed by atoms with van der Waals surface area (Å²) in [6.45, 7) is 2.03. The molecule has 0 aliphatic heterocycles. The number of aromatic nitrogens is 3. The van der Waals surface area contributed by atoms with Gasteiger partial charge in [-0.2, -0.15) is 0 Å². The maximum Gasteiger partial charge on any atom is 0.119 e. The van der Waals surface area contributed by atoms with Crippen molar-refractivity contribution >= 4 is 0 Å². The summed E-state index contributed by atoms with van der Waals surface area (Å²) in [5.41, 5.74) is 0. The lowest BCUT2D eigenvalue weighted by molar-refractivity contribution is 0.0888. The van der Waals surface area contributed by atoms with E-state index >= 15 is 0 Å². The molecule has 5 heteroatoms. The SMILES string of the molecule is OCCOCCCn1cnnc1. The van der Waals surface area contributed by atoms with Gasteiger partial charge in [0.15, 0.2) is 0 Å². The van der Waals surface area contributed by atoms with Crippen molar-refractivity contribution in [1.82, 2.24) is 14.8 Å². The number of aliphatic hydroxyl groups excluding tert-OH is 1. The van der Waals surface area contributed by atoms with Gasteiger partial charge in [-0.25, -0.2) is 0 Å². The Bertz CT molecular complexity index is 189. The average molecular weight is 171 g/mol. The maximum atomic E-state index is 8.40. The van der Waals surface area contributed by atoms with Gasteiger partial charge in [-0.05, 0) is 6.42 Å². The van der Waals surface area contributed by atoms with E-state index in [-0.39, 0.29) is 6.61 Å². The smallest absolute Gasteiger partial charge is 0.119 e. The third kappa shape index (κ3) is 3.45. The van der Waals surface area contributed by atoms with Crippen LogP contribution in [0.25, 0.3) is 0 Å². The summed E-state index contributed by atoms with van der Waals surface area (Å²) in [5.74, 6) is 0. The minimum atomic E-state index is 0.0899. The first-order valence-corrected chi connectivity index (χ1v) is 3.94. The van der Waals surface area contributed by atoms with E-state index in [0.717, 1.165) is 13.0 Å². The zero-order valence-corrected chi connectivity index (χ0v) is 6.89. The van der Waals surface area contributed by atoms with Crippen molar-refractivity contribution in [2.75, 3.05) is 19.8 Å². The number of aryl methyl sites for hydroxylation is 1. The number of hydrogen-bond donors (Lipinski definition) is 1. The first kappa shape index (κ1) is 9.15. The molecule has 1 aromatic rings. The molecule has 0 saturated carbocycles. The van der Waals surface area contributed by atoms with E-state index in [2.05, 4.69) is 10.2 Å². The molecule has 0 aliphatic carbocycles. The zero-order valence-electron chi connectivity index (χ0n) is 6.89.